The molecular weight excluding hydrogens is 447 g/mol. The second-order valence-corrected chi connectivity index (χ2v) is 11.2. The van der Waals surface area contributed by atoms with Crippen molar-refractivity contribution >= 4 is 21.7 Å². The lowest BCUT2D eigenvalue weighted by Gasteiger charge is -2.29. The van der Waals surface area contributed by atoms with Crippen molar-refractivity contribution in [3.8, 4) is 0 Å². The number of hydrogen-bond acceptors (Lipinski definition) is 2. The number of benzene rings is 2. The first-order valence-electron chi connectivity index (χ1n) is 14.8. The van der Waals surface area contributed by atoms with Crippen LogP contribution in [0.5, 0.6) is 0 Å². The molecule has 0 radical (unpaired) electrons. The summed E-state index contributed by atoms with van der Waals surface area (Å²) in [6, 6.07) is 10.0. The van der Waals surface area contributed by atoms with Gasteiger partial charge in [-0.05, 0) is 67.6 Å². The van der Waals surface area contributed by atoms with Gasteiger partial charge in [-0.15, -0.1) is 0 Å². The van der Waals surface area contributed by atoms with E-state index in [1.807, 2.05) is 24.3 Å². The van der Waals surface area contributed by atoms with E-state index in [-0.39, 0.29) is 11.4 Å². The van der Waals surface area contributed by atoms with Crippen molar-refractivity contribution in [2.24, 2.45) is 5.92 Å². The van der Waals surface area contributed by atoms with Crippen molar-refractivity contribution < 1.29 is 8.81 Å². The molecule has 3 aromatic rings. The van der Waals surface area contributed by atoms with E-state index in [1.54, 1.807) is 0 Å². The molecule has 2 nitrogen and oxygen atoms in total. The van der Waals surface area contributed by atoms with E-state index in [4.69, 9.17) is 4.42 Å². The Kier molecular flexibility index (Phi) is 10.0. The van der Waals surface area contributed by atoms with Gasteiger partial charge in [0.05, 0.1) is 5.39 Å². The first-order valence-corrected chi connectivity index (χ1v) is 14.8. The third-order valence-corrected chi connectivity index (χ3v) is 8.51. The quantitative estimate of drug-likeness (QED) is 0.135. The Labute approximate surface area is 216 Å². The summed E-state index contributed by atoms with van der Waals surface area (Å²) in [6.45, 7) is 4.44. The van der Waals surface area contributed by atoms with Crippen molar-refractivity contribution in [3.63, 3.8) is 0 Å². The van der Waals surface area contributed by atoms with Gasteiger partial charge in [0.1, 0.15) is 0 Å². The van der Waals surface area contributed by atoms with Crippen LogP contribution < -0.4 is 5.63 Å². The van der Waals surface area contributed by atoms with Crippen molar-refractivity contribution in [1.82, 2.24) is 0 Å². The third kappa shape index (κ3) is 6.58. The molecule has 1 saturated carbocycles. The fraction of sp³-hybridized carbons (Fsp3) is 0.606. The molecule has 196 valence electrons. The number of fused-ring (bicyclic) bond motifs is 3. The molecule has 0 unspecified atom stereocenters. The lowest BCUT2D eigenvalue weighted by molar-refractivity contribution is 0.302. The molecule has 0 bridgehead atoms. The van der Waals surface area contributed by atoms with E-state index < -0.39 is 5.63 Å². The average Bonchev–Trinajstić information content (AvgIpc) is 2.90. The highest BCUT2D eigenvalue weighted by molar-refractivity contribution is 6.04. The van der Waals surface area contributed by atoms with Crippen LogP contribution >= 0.6 is 0 Å². The fourth-order valence-electron chi connectivity index (χ4n) is 6.21. The van der Waals surface area contributed by atoms with Crippen molar-refractivity contribution in [1.29, 1.82) is 0 Å². The second kappa shape index (κ2) is 13.4. The molecule has 1 aromatic heterocycles. The maximum atomic E-state index is 15.2. The number of unbranched alkanes of at least 4 members (excludes halogenated alkanes) is 8. The molecule has 2 aromatic carbocycles. The summed E-state index contributed by atoms with van der Waals surface area (Å²) < 4.78 is 20.8. The van der Waals surface area contributed by atoms with Crippen LogP contribution in [0.15, 0.2) is 39.5 Å². The van der Waals surface area contributed by atoms with Crippen LogP contribution in [0.4, 0.5) is 4.39 Å². The third-order valence-electron chi connectivity index (χ3n) is 8.51. The minimum atomic E-state index is -0.418. The van der Waals surface area contributed by atoms with Crippen LogP contribution in [-0.2, 0) is 6.42 Å². The lowest BCUT2D eigenvalue weighted by Crippen LogP contribution is -2.14. The van der Waals surface area contributed by atoms with E-state index >= 15 is 4.39 Å². The van der Waals surface area contributed by atoms with Gasteiger partial charge in [0.25, 0.3) is 0 Å². The van der Waals surface area contributed by atoms with Gasteiger partial charge in [0.2, 0.25) is 0 Å². The molecule has 0 spiro atoms. The van der Waals surface area contributed by atoms with E-state index in [0.717, 1.165) is 37.0 Å². The minimum absolute atomic E-state index is 0.114. The van der Waals surface area contributed by atoms with E-state index in [2.05, 4.69) is 19.9 Å². The van der Waals surface area contributed by atoms with Gasteiger partial charge in [0, 0.05) is 10.8 Å². The molecule has 1 aliphatic rings. The van der Waals surface area contributed by atoms with E-state index in [1.165, 1.54) is 76.2 Å². The molecule has 1 aliphatic carbocycles. The Bertz CT molecular complexity index is 1170. The van der Waals surface area contributed by atoms with Crippen molar-refractivity contribution in [2.45, 2.75) is 122 Å². The Morgan fingerprint density at radius 2 is 1.44 bits per heavy atom. The number of halogens is 1. The summed E-state index contributed by atoms with van der Waals surface area (Å²) >= 11 is 0. The highest BCUT2D eigenvalue weighted by atomic mass is 19.1. The number of hydrogen-bond donors (Lipinski definition) is 0. The van der Waals surface area contributed by atoms with Crippen LogP contribution in [0.3, 0.4) is 0 Å². The van der Waals surface area contributed by atoms with Crippen molar-refractivity contribution in [3.05, 3.63) is 57.7 Å². The normalized spacial score (nSPS) is 18.3. The molecule has 4 rings (SSSR count). The molecule has 3 heteroatoms. The highest BCUT2D eigenvalue weighted by Crippen LogP contribution is 2.39. The average molecular weight is 493 g/mol. The molecule has 0 atom stereocenters. The summed E-state index contributed by atoms with van der Waals surface area (Å²) in [7, 11) is 0. The molecule has 0 aliphatic heterocycles. The van der Waals surface area contributed by atoms with E-state index in [0.29, 0.717) is 28.7 Å². The molecule has 36 heavy (non-hydrogen) atoms. The molecule has 1 fully saturated rings. The maximum absolute atomic E-state index is 15.2. The summed E-state index contributed by atoms with van der Waals surface area (Å²) in [5, 5.41) is 2.09. The molecule has 0 N–H and O–H groups in total. The van der Waals surface area contributed by atoms with E-state index in [9.17, 15) is 4.79 Å². The highest BCUT2D eigenvalue weighted by Gasteiger charge is 2.23. The number of rotatable bonds is 13. The zero-order valence-electron chi connectivity index (χ0n) is 22.5. The van der Waals surface area contributed by atoms with Gasteiger partial charge < -0.3 is 4.42 Å². The standard InChI is InChI=1S/C33H45FO2/c1-3-5-7-9-10-11-13-24-15-17-25(18-16-24)27-20-21-28-29-22-19-26(14-12-8-6-4-2)31(34)32(29)36-33(35)30(28)23-27/h19-25H,3-18H2,1-2H3. The van der Waals surface area contributed by atoms with Gasteiger partial charge in [-0.1, -0.05) is 102 Å². The first kappa shape index (κ1) is 26.9. The van der Waals surface area contributed by atoms with Gasteiger partial charge >= 0.3 is 5.63 Å². The summed E-state index contributed by atoms with van der Waals surface area (Å²) in [4.78, 5) is 12.9. The summed E-state index contributed by atoms with van der Waals surface area (Å²) in [5.41, 5.74) is 1.58. The van der Waals surface area contributed by atoms with Crippen LogP contribution in [0.25, 0.3) is 21.7 Å². The molecule has 1 heterocycles. The van der Waals surface area contributed by atoms with Crippen LogP contribution in [0.2, 0.25) is 0 Å². The predicted molar refractivity (Wildman–Crippen MR) is 150 cm³/mol. The Balaban J connectivity index is 1.42. The molecule has 0 saturated heterocycles. The van der Waals surface area contributed by atoms with Crippen LogP contribution in [0.1, 0.15) is 127 Å². The smallest absolute Gasteiger partial charge is 0.344 e. The lowest BCUT2D eigenvalue weighted by atomic mass is 9.76. The maximum Gasteiger partial charge on any atom is 0.344 e. The van der Waals surface area contributed by atoms with Gasteiger partial charge in [-0.3, -0.25) is 0 Å². The predicted octanol–water partition coefficient (Wildman–Crippen LogP) is 10.2. The van der Waals surface area contributed by atoms with Crippen molar-refractivity contribution in [2.75, 3.05) is 0 Å². The summed E-state index contributed by atoms with van der Waals surface area (Å²) in [5.74, 6) is 1.00. The zero-order chi connectivity index (χ0) is 25.3. The van der Waals surface area contributed by atoms with Gasteiger partial charge in [-0.2, -0.15) is 0 Å². The monoisotopic (exact) mass is 492 g/mol. The second-order valence-electron chi connectivity index (χ2n) is 11.2. The Hall–Kier alpha value is -2.16. The molecule has 0 amide bonds. The van der Waals surface area contributed by atoms with Crippen LogP contribution in [0, 0.1) is 11.7 Å². The Morgan fingerprint density at radius 1 is 0.778 bits per heavy atom. The first-order chi connectivity index (χ1) is 17.6. The Morgan fingerprint density at radius 3 is 2.19 bits per heavy atom. The van der Waals surface area contributed by atoms with Crippen LogP contribution in [-0.4, -0.2) is 0 Å². The number of aryl methyl sites for hydroxylation is 1. The van der Waals surface area contributed by atoms with Gasteiger partial charge in [-0.25, -0.2) is 9.18 Å². The molecular formula is C33H45FO2. The largest absolute Gasteiger partial charge is 0.419 e. The van der Waals surface area contributed by atoms with Gasteiger partial charge in [0.15, 0.2) is 11.4 Å². The SMILES string of the molecule is CCCCCCCCC1CCC(c2ccc3c(c2)c(=O)oc2c(F)c(CCCCCC)ccc23)CC1. The minimum Gasteiger partial charge on any atom is -0.419 e. The zero-order valence-corrected chi connectivity index (χ0v) is 22.5. The topological polar surface area (TPSA) is 30.2 Å². The fourth-order valence-corrected chi connectivity index (χ4v) is 6.21. The summed E-state index contributed by atoms with van der Waals surface area (Å²) in [6.07, 6.45) is 19.6.